The topological polar surface area (TPSA) is 69.6 Å². The van der Waals surface area contributed by atoms with Crippen LogP contribution < -0.4 is 5.32 Å². The molecule has 1 fully saturated rings. The Labute approximate surface area is 138 Å². The van der Waals surface area contributed by atoms with Gasteiger partial charge >= 0.3 is 0 Å². The number of nitrogens with one attached hydrogen (secondary N) is 1. The summed E-state index contributed by atoms with van der Waals surface area (Å²) < 4.78 is 0. The van der Waals surface area contributed by atoms with Crippen molar-refractivity contribution >= 4 is 35.2 Å². The van der Waals surface area contributed by atoms with E-state index in [1.54, 1.807) is 12.1 Å². The van der Waals surface area contributed by atoms with E-state index >= 15 is 0 Å². The number of allylic oxidation sites excluding steroid dienone is 4. The number of amides is 2. The number of nitrogens with zero attached hydrogens (tertiary/aromatic N) is 1. The minimum atomic E-state index is -0.372. The minimum Gasteiger partial charge on any atom is -0.508 e. The fourth-order valence-electron chi connectivity index (χ4n) is 2.49. The quantitative estimate of drug-likeness (QED) is 0.646. The maximum Gasteiger partial charge on any atom is 0.242 e. The van der Waals surface area contributed by atoms with Crippen LogP contribution in [0.15, 0.2) is 53.8 Å². The highest BCUT2D eigenvalue weighted by Gasteiger charge is 2.30. The molecular formula is C17H14N2O3S. The van der Waals surface area contributed by atoms with Gasteiger partial charge in [-0.05, 0) is 41.6 Å². The molecule has 2 N–H and O–H groups in total. The molecule has 1 heterocycles. The molecule has 0 aromatic heterocycles. The van der Waals surface area contributed by atoms with E-state index in [2.05, 4.69) is 5.32 Å². The summed E-state index contributed by atoms with van der Waals surface area (Å²) in [4.78, 5) is 24.8. The molecule has 0 unspecified atom stereocenters. The molecule has 1 aliphatic heterocycles. The molecule has 1 aliphatic carbocycles. The van der Waals surface area contributed by atoms with Crippen LogP contribution in [0, 0.1) is 0 Å². The van der Waals surface area contributed by atoms with Crippen LogP contribution in [0.1, 0.15) is 18.4 Å². The van der Waals surface area contributed by atoms with Crippen molar-refractivity contribution in [3.05, 3.63) is 59.3 Å². The molecule has 2 amide bonds. The molecule has 3 rings (SSSR count). The van der Waals surface area contributed by atoms with Crippen LogP contribution in [0.3, 0.4) is 0 Å². The molecule has 23 heavy (non-hydrogen) atoms. The molecule has 0 bridgehead atoms. The zero-order valence-electron chi connectivity index (χ0n) is 12.2. The number of hydrogen-bond acceptors (Lipinski definition) is 4. The first-order chi connectivity index (χ1) is 11.0. The van der Waals surface area contributed by atoms with Gasteiger partial charge in [-0.3, -0.25) is 14.5 Å². The van der Waals surface area contributed by atoms with Gasteiger partial charge in [-0.25, -0.2) is 0 Å². The average Bonchev–Trinajstić information content (AvgIpc) is 2.49. The van der Waals surface area contributed by atoms with Gasteiger partial charge in [-0.2, -0.15) is 0 Å². The van der Waals surface area contributed by atoms with E-state index in [9.17, 15) is 14.7 Å². The first kappa shape index (κ1) is 15.2. The third-order valence-electron chi connectivity index (χ3n) is 3.53. The second-order valence-electron chi connectivity index (χ2n) is 5.26. The van der Waals surface area contributed by atoms with Crippen molar-refractivity contribution < 1.29 is 14.7 Å². The second-order valence-corrected chi connectivity index (χ2v) is 5.65. The van der Waals surface area contributed by atoms with E-state index in [0.717, 1.165) is 16.8 Å². The Balaban J connectivity index is 1.81. The lowest BCUT2D eigenvalue weighted by atomic mass is 10.0. The van der Waals surface area contributed by atoms with E-state index in [-0.39, 0.29) is 29.1 Å². The molecular weight excluding hydrogens is 312 g/mol. The number of phenolic OH excluding ortho intramolecular Hbond substituents is 1. The van der Waals surface area contributed by atoms with Crippen LogP contribution in [0.4, 0.5) is 0 Å². The Hall–Kier alpha value is -2.73. The molecule has 0 spiro atoms. The van der Waals surface area contributed by atoms with E-state index in [1.165, 1.54) is 4.90 Å². The molecule has 2 aliphatic rings. The molecule has 5 nitrogen and oxygen atoms in total. The first-order valence-electron chi connectivity index (χ1n) is 7.06. The number of benzene rings is 1. The molecule has 6 heteroatoms. The number of hydrogen-bond donors (Lipinski definition) is 2. The number of aromatic hydroxyl groups is 1. The highest BCUT2D eigenvalue weighted by Crippen LogP contribution is 2.25. The summed E-state index contributed by atoms with van der Waals surface area (Å²) in [5.74, 6) is -0.473. The van der Waals surface area contributed by atoms with Crippen molar-refractivity contribution in [3.63, 3.8) is 0 Å². The summed E-state index contributed by atoms with van der Waals surface area (Å²) in [7, 11) is 0. The standard InChI is InChI=1S/C17H14N2O3S/c20-14-6-4-11(5-7-14)8-12-2-1-3-13(9-12)19-16(22)10-15(21)18-17(19)23/h1-8,20H,9-10H2,(H,18,21,23). The Morgan fingerprint density at radius 1 is 1.17 bits per heavy atom. The van der Waals surface area contributed by atoms with Crippen LogP contribution in [-0.2, 0) is 9.59 Å². The average molecular weight is 326 g/mol. The van der Waals surface area contributed by atoms with Crippen LogP contribution in [0.2, 0.25) is 0 Å². The minimum absolute atomic E-state index is 0.122. The van der Waals surface area contributed by atoms with Crippen molar-refractivity contribution in [2.45, 2.75) is 12.8 Å². The Kier molecular flexibility index (Phi) is 4.08. The number of rotatable bonds is 2. The van der Waals surface area contributed by atoms with Gasteiger partial charge in [-0.15, -0.1) is 0 Å². The number of thiocarbonyl (C=S) groups is 1. The highest BCUT2D eigenvalue weighted by molar-refractivity contribution is 7.80. The summed E-state index contributed by atoms with van der Waals surface area (Å²) in [6, 6.07) is 6.86. The monoisotopic (exact) mass is 326 g/mol. The predicted octanol–water partition coefficient (Wildman–Crippen LogP) is 2.25. The largest absolute Gasteiger partial charge is 0.508 e. The maximum absolute atomic E-state index is 12.1. The van der Waals surface area contributed by atoms with Gasteiger partial charge in [0.2, 0.25) is 11.8 Å². The highest BCUT2D eigenvalue weighted by atomic mass is 32.1. The van der Waals surface area contributed by atoms with Gasteiger partial charge < -0.3 is 10.4 Å². The van der Waals surface area contributed by atoms with Gasteiger partial charge in [0.25, 0.3) is 0 Å². The molecule has 0 radical (unpaired) electrons. The van der Waals surface area contributed by atoms with E-state index in [0.29, 0.717) is 6.42 Å². The third kappa shape index (κ3) is 3.37. The third-order valence-corrected chi connectivity index (χ3v) is 3.81. The van der Waals surface area contributed by atoms with Crippen molar-refractivity contribution in [1.82, 2.24) is 10.2 Å². The van der Waals surface area contributed by atoms with Gasteiger partial charge in [0.15, 0.2) is 5.11 Å². The smallest absolute Gasteiger partial charge is 0.242 e. The Morgan fingerprint density at radius 2 is 1.91 bits per heavy atom. The predicted molar refractivity (Wildman–Crippen MR) is 90.1 cm³/mol. The molecule has 1 aromatic rings. The molecule has 0 atom stereocenters. The Bertz CT molecular complexity index is 756. The van der Waals surface area contributed by atoms with Crippen molar-refractivity contribution in [2.24, 2.45) is 0 Å². The number of phenols is 1. The molecule has 1 saturated heterocycles. The summed E-state index contributed by atoms with van der Waals surface area (Å²) in [5, 5.41) is 12.0. The lowest BCUT2D eigenvalue weighted by Crippen LogP contribution is -2.51. The summed E-state index contributed by atoms with van der Waals surface area (Å²) in [5.41, 5.74) is 2.68. The van der Waals surface area contributed by atoms with Crippen LogP contribution in [-0.4, -0.2) is 26.9 Å². The van der Waals surface area contributed by atoms with Crippen molar-refractivity contribution in [1.29, 1.82) is 0 Å². The van der Waals surface area contributed by atoms with Gasteiger partial charge in [0, 0.05) is 12.1 Å². The fraction of sp³-hybridized carbons (Fsp3) is 0.118. The summed E-state index contributed by atoms with van der Waals surface area (Å²) in [6.45, 7) is 0. The zero-order chi connectivity index (χ0) is 16.4. The molecule has 116 valence electrons. The number of carbonyl (C=O) groups excluding carboxylic acids is 2. The van der Waals surface area contributed by atoms with Crippen LogP contribution in [0.5, 0.6) is 5.75 Å². The lowest BCUT2D eigenvalue weighted by Gasteiger charge is -2.30. The van der Waals surface area contributed by atoms with Gasteiger partial charge in [-0.1, -0.05) is 30.4 Å². The second kappa shape index (κ2) is 6.18. The summed E-state index contributed by atoms with van der Waals surface area (Å²) >= 11 is 5.11. The fourth-order valence-corrected chi connectivity index (χ4v) is 2.82. The van der Waals surface area contributed by atoms with E-state index in [4.69, 9.17) is 12.2 Å². The normalized spacial score (nSPS) is 19.8. The van der Waals surface area contributed by atoms with Crippen LogP contribution in [0.25, 0.3) is 6.08 Å². The van der Waals surface area contributed by atoms with E-state index < -0.39 is 0 Å². The Morgan fingerprint density at radius 3 is 2.61 bits per heavy atom. The SMILES string of the molecule is O=C1CC(=O)N(C2=CC=CC(=Cc3ccc(O)cc3)C2)C(=S)N1. The summed E-state index contributed by atoms with van der Waals surface area (Å²) in [6.07, 6.45) is 7.91. The van der Waals surface area contributed by atoms with Gasteiger partial charge in [0.1, 0.15) is 12.2 Å². The van der Waals surface area contributed by atoms with E-state index in [1.807, 2.05) is 36.4 Å². The maximum atomic E-state index is 12.1. The molecule has 0 saturated carbocycles. The van der Waals surface area contributed by atoms with Crippen molar-refractivity contribution in [2.75, 3.05) is 0 Å². The molecule has 1 aromatic carbocycles. The first-order valence-corrected chi connectivity index (χ1v) is 7.47. The lowest BCUT2D eigenvalue weighted by molar-refractivity contribution is -0.133. The van der Waals surface area contributed by atoms with Crippen LogP contribution >= 0.6 is 12.2 Å². The van der Waals surface area contributed by atoms with Gasteiger partial charge in [0.05, 0.1) is 0 Å². The zero-order valence-corrected chi connectivity index (χ0v) is 13.0. The number of carbonyl (C=O) groups is 2. The van der Waals surface area contributed by atoms with Crippen molar-refractivity contribution in [3.8, 4) is 5.75 Å².